The molecule has 0 bridgehead atoms. The monoisotopic (exact) mass is 311 g/mol. The van der Waals surface area contributed by atoms with Crippen molar-refractivity contribution in [2.24, 2.45) is 7.05 Å². The highest BCUT2D eigenvalue weighted by atomic mass is 32.2. The van der Waals surface area contributed by atoms with E-state index in [0.717, 1.165) is 32.1 Å². The van der Waals surface area contributed by atoms with Gasteiger partial charge < -0.3 is 0 Å². The van der Waals surface area contributed by atoms with Crippen LogP contribution >= 0.6 is 11.8 Å². The summed E-state index contributed by atoms with van der Waals surface area (Å²) in [6, 6.07) is 0. The minimum absolute atomic E-state index is 0.112. The van der Waals surface area contributed by atoms with Gasteiger partial charge in [0.15, 0.2) is 5.16 Å². The summed E-state index contributed by atoms with van der Waals surface area (Å²) in [6.07, 6.45) is 0.964. The van der Waals surface area contributed by atoms with E-state index in [4.69, 9.17) is 0 Å². The molecule has 0 aliphatic rings. The van der Waals surface area contributed by atoms with Gasteiger partial charge in [-0.25, -0.2) is 9.48 Å². The van der Waals surface area contributed by atoms with Gasteiger partial charge in [-0.3, -0.25) is 4.57 Å². The van der Waals surface area contributed by atoms with Crippen molar-refractivity contribution in [3.63, 3.8) is 0 Å². The first-order valence-electron chi connectivity index (χ1n) is 6.68. The van der Waals surface area contributed by atoms with Crippen molar-refractivity contribution in [1.82, 2.24) is 14.3 Å². The van der Waals surface area contributed by atoms with E-state index >= 15 is 0 Å². The van der Waals surface area contributed by atoms with Crippen LogP contribution in [-0.2, 0) is 13.6 Å². The predicted octanol–water partition coefficient (Wildman–Crippen LogP) is 3.21. The van der Waals surface area contributed by atoms with Crippen molar-refractivity contribution in [1.29, 1.82) is 0 Å². The molecule has 1 heterocycles. The zero-order valence-electron chi connectivity index (χ0n) is 11.7. The summed E-state index contributed by atoms with van der Waals surface area (Å²) in [6.45, 7) is 2.58. The minimum Gasteiger partial charge on any atom is -0.273 e. The molecule has 0 spiro atoms. The Bertz CT molecular complexity index is 467. The number of hydrogen-bond donors (Lipinski definition) is 0. The Labute approximate surface area is 120 Å². The van der Waals surface area contributed by atoms with E-state index in [1.54, 1.807) is 0 Å². The second-order valence-electron chi connectivity index (χ2n) is 4.67. The zero-order valence-corrected chi connectivity index (χ0v) is 12.6. The molecular formula is C12H20F3N3OS. The fourth-order valence-corrected chi connectivity index (χ4v) is 2.47. The van der Waals surface area contributed by atoms with Gasteiger partial charge in [0.05, 0.1) is 5.75 Å². The molecule has 1 rings (SSSR count). The lowest BCUT2D eigenvalue weighted by Crippen LogP contribution is -2.23. The molecule has 0 saturated carbocycles. The number of hydrogen-bond acceptors (Lipinski definition) is 3. The maximum Gasteiger partial charge on any atom is 0.398 e. The van der Waals surface area contributed by atoms with Crippen LogP contribution in [-0.4, -0.2) is 26.3 Å². The first kappa shape index (κ1) is 17.1. The molecule has 20 heavy (non-hydrogen) atoms. The number of aryl methyl sites for hydroxylation is 1. The van der Waals surface area contributed by atoms with Crippen LogP contribution in [0, 0.1) is 0 Å². The van der Waals surface area contributed by atoms with Crippen molar-refractivity contribution in [3.05, 3.63) is 10.5 Å². The Morgan fingerprint density at radius 1 is 1.20 bits per heavy atom. The minimum atomic E-state index is -4.26. The lowest BCUT2D eigenvalue weighted by molar-refractivity contribution is -0.105. The van der Waals surface area contributed by atoms with Crippen LogP contribution in [0.5, 0.6) is 0 Å². The summed E-state index contributed by atoms with van der Waals surface area (Å²) in [7, 11) is 1.45. The standard InChI is InChI=1S/C12H20F3N3OS/c1-3-4-5-6-7-8-18-11(19)17(2)10(16-18)20-9-12(13,14)15/h3-9H2,1-2H3. The highest BCUT2D eigenvalue weighted by molar-refractivity contribution is 7.99. The molecule has 0 atom stereocenters. The second kappa shape index (κ2) is 7.75. The number of thioether (sulfide) groups is 1. The molecule has 0 saturated heterocycles. The van der Waals surface area contributed by atoms with Gasteiger partial charge in [0, 0.05) is 13.6 Å². The van der Waals surface area contributed by atoms with Crippen LogP contribution in [0.4, 0.5) is 13.2 Å². The molecule has 1 aromatic heterocycles. The Morgan fingerprint density at radius 2 is 1.85 bits per heavy atom. The second-order valence-corrected chi connectivity index (χ2v) is 5.61. The molecule has 0 aromatic carbocycles. The number of nitrogens with zero attached hydrogens (tertiary/aromatic N) is 3. The van der Waals surface area contributed by atoms with Crippen LogP contribution in [0.15, 0.2) is 9.95 Å². The maximum atomic E-state index is 12.2. The van der Waals surface area contributed by atoms with Gasteiger partial charge in [-0.1, -0.05) is 44.4 Å². The normalized spacial score (nSPS) is 12.1. The predicted molar refractivity (Wildman–Crippen MR) is 73.0 cm³/mol. The molecule has 0 N–H and O–H groups in total. The summed E-state index contributed by atoms with van der Waals surface area (Å²) in [5, 5.41) is 4.07. The van der Waals surface area contributed by atoms with Crippen LogP contribution in [0.3, 0.4) is 0 Å². The highest BCUT2D eigenvalue weighted by Gasteiger charge is 2.28. The van der Waals surface area contributed by atoms with Crippen LogP contribution < -0.4 is 5.69 Å². The van der Waals surface area contributed by atoms with E-state index in [-0.39, 0.29) is 10.8 Å². The van der Waals surface area contributed by atoms with E-state index in [0.29, 0.717) is 18.3 Å². The van der Waals surface area contributed by atoms with E-state index in [9.17, 15) is 18.0 Å². The Kier molecular flexibility index (Phi) is 6.64. The van der Waals surface area contributed by atoms with Gasteiger partial charge in [-0.2, -0.15) is 13.2 Å². The largest absolute Gasteiger partial charge is 0.398 e. The first-order valence-corrected chi connectivity index (χ1v) is 7.67. The third-order valence-corrected chi connectivity index (χ3v) is 3.92. The van der Waals surface area contributed by atoms with Crippen molar-refractivity contribution in [3.8, 4) is 0 Å². The molecule has 0 unspecified atom stereocenters. The molecular weight excluding hydrogens is 291 g/mol. The maximum absolute atomic E-state index is 12.2. The summed E-state index contributed by atoms with van der Waals surface area (Å²) in [5.41, 5.74) is -0.356. The molecule has 0 aliphatic carbocycles. The number of rotatable bonds is 8. The first-order chi connectivity index (χ1) is 9.35. The molecule has 0 aliphatic heterocycles. The van der Waals surface area contributed by atoms with E-state index in [1.807, 2.05) is 0 Å². The summed E-state index contributed by atoms with van der Waals surface area (Å²) < 4.78 is 38.9. The van der Waals surface area contributed by atoms with Crippen molar-refractivity contribution >= 4 is 11.8 Å². The lowest BCUT2D eigenvalue weighted by Gasteiger charge is -2.03. The van der Waals surface area contributed by atoms with E-state index < -0.39 is 11.9 Å². The molecule has 116 valence electrons. The molecule has 0 amide bonds. The molecule has 8 heteroatoms. The fraction of sp³-hybridized carbons (Fsp3) is 0.833. The fourth-order valence-electron chi connectivity index (χ4n) is 1.75. The summed E-state index contributed by atoms with van der Waals surface area (Å²) in [5.74, 6) is -1.03. The number of halogens is 3. The zero-order chi connectivity index (χ0) is 15.2. The quantitative estimate of drug-likeness (QED) is 0.547. The van der Waals surface area contributed by atoms with Crippen LogP contribution in [0.1, 0.15) is 39.0 Å². The van der Waals surface area contributed by atoms with Gasteiger partial charge in [0.25, 0.3) is 0 Å². The number of alkyl halides is 3. The molecule has 0 fully saturated rings. The van der Waals surface area contributed by atoms with Gasteiger partial charge in [-0.15, -0.1) is 5.10 Å². The van der Waals surface area contributed by atoms with E-state index in [2.05, 4.69) is 12.0 Å². The Hall–Kier alpha value is -0.920. The highest BCUT2D eigenvalue weighted by Crippen LogP contribution is 2.25. The topological polar surface area (TPSA) is 39.8 Å². The number of aromatic nitrogens is 3. The smallest absolute Gasteiger partial charge is 0.273 e. The molecule has 1 aromatic rings. The average Bonchev–Trinajstić information content (AvgIpc) is 2.63. The average molecular weight is 311 g/mol. The van der Waals surface area contributed by atoms with Crippen molar-refractivity contribution in [2.75, 3.05) is 5.75 Å². The van der Waals surface area contributed by atoms with Gasteiger partial charge >= 0.3 is 11.9 Å². The summed E-state index contributed by atoms with van der Waals surface area (Å²) in [4.78, 5) is 11.8. The number of unbranched alkanes of at least 4 members (excludes halogenated alkanes) is 4. The van der Waals surface area contributed by atoms with Gasteiger partial charge in [0.1, 0.15) is 0 Å². The summed E-state index contributed by atoms with van der Waals surface area (Å²) >= 11 is 0.542. The van der Waals surface area contributed by atoms with Gasteiger partial charge in [-0.05, 0) is 6.42 Å². The van der Waals surface area contributed by atoms with Crippen molar-refractivity contribution in [2.45, 2.75) is 56.9 Å². The van der Waals surface area contributed by atoms with E-state index in [1.165, 1.54) is 16.3 Å². The third kappa shape index (κ3) is 5.60. The third-order valence-electron chi connectivity index (χ3n) is 2.84. The van der Waals surface area contributed by atoms with Crippen molar-refractivity contribution < 1.29 is 13.2 Å². The van der Waals surface area contributed by atoms with Crippen LogP contribution in [0.25, 0.3) is 0 Å². The molecule has 4 nitrogen and oxygen atoms in total. The lowest BCUT2D eigenvalue weighted by atomic mass is 10.1. The van der Waals surface area contributed by atoms with Crippen LogP contribution in [0.2, 0.25) is 0 Å². The Morgan fingerprint density at radius 3 is 2.45 bits per heavy atom. The van der Waals surface area contributed by atoms with Gasteiger partial charge in [0.2, 0.25) is 0 Å². The SMILES string of the molecule is CCCCCCCn1nc(SCC(F)(F)F)n(C)c1=O. The Balaban J connectivity index is 2.54. The molecule has 0 radical (unpaired) electrons.